The molecule has 1 amide bonds. The number of hydrogen-bond acceptors (Lipinski definition) is 4. The van der Waals surface area contributed by atoms with E-state index >= 15 is 0 Å². The number of benzene rings is 1. The largest absolute Gasteiger partial charge is 0.323 e. The van der Waals surface area contributed by atoms with Gasteiger partial charge in [-0.3, -0.25) is 9.89 Å². The summed E-state index contributed by atoms with van der Waals surface area (Å²) in [6.45, 7) is 6.61. The molecule has 0 fully saturated rings. The molecule has 1 aromatic carbocycles. The Bertz CT molecular complexity index is 879. The lowest BCUT2D eigenvalue weighted by Gasteiger charge is -2.18. The number of nitrogens with zero attached hydrogens (tertiary/aromatic N) is 2. The van der Waals surface area contributed by atoms with Crippen LogP contribution in [-0.4, -0.2) is 42.4 Å². The maximum Gasteiger partial charge on any atom is 0.246 e. The molecule has 2 N–H and O–H groups in total. The number of nitrogens with one attached hydrogen (secondary N) is 2. The summed E-state index contributed by atoms with van der Waals surface area (Å²) in [5, 5.41) is 9.63. The Morgan fingerprint density at radius 2 is 1.92 bits per heavy atom. The van der Waals surface area contributed by atoms with E-state index in [2.05, 4.69) is 15.5 Å². The highest BCUT2D eigenvalue weighted by molar-refractivity contribution is 7.89. The minimum atomic E-state index is -3.83. The summed E-state index contributed by atoms with van der Waals surface area (Å²) in [5.41, 5.74) is 3.07. The van der Waals surface area contributed by atoms with Gasteiger partial charge in [0.1, 0.15) is 4.90 Å². The summed E-state index contributed by atoms with van der Waals surface area (Å²) >= 11 is 6.17. The van der Waals surface area contributed by atoms with Crippen molar-refractivity contribution in [3.63, 3.8) is 0 Å². The Labute approximate surface area is 152 Å². The Morgan fingerprint density at radius 3 is 2.44 bits per heavy atom. The summed E-state index contributed by atoms with van der Waals surface area (Å²) in [7, 11) is -2.47. The first-order valence-electron chi connectivity index (χ1n) is 7.58. The monoisotopic (exact) mass is 384 g/mol. The van der Waals surface area contributed by atoms with E-state index in [1.807, 2.05) is 19.9 Å². The second-order valence-electron chi connectivity index (χ2n) is 6.01. The molecule has 2 aromatic rings. The van der Waals surface area contributed by atoms with Crippen molar-refractivity contribution in [2.24, 2.45) is 0 Å². The van der Waals surface area contributed by atoms with Gasteiger partial charge in [0, 0.05) is 7.05 Å². The molecule has 0 unspecified atom stereocenters. The van der Waals surface area contributed by atoms with Crippen molar-refractivity contribution >= 4 is 33.2 Å². The van der Waals surface area contributed by atoms with E-state index in [1.165, 1.54) is 7.05 Å². The van der Waals surface area contributed by atoms with Crippen molar-refractivity contribution in [1.82, 2.24) is 14.5 Å². The van der Waals surface area contributed by atoms with E-state index in [4.69, 9.17) is 11.6 Å². The molecule has 2 rings (SSSR count). The highest BCUT2D eigenvalue weighted by Gasteiger charge is 2.28. The molecule has 0 spiro atoms. The molecule has 0 aliphatic rings. The number of aromatic amines is 1. The third-order valence-electron chi connectivity index (χ3n) is 3.79. The summed E-state index contributed by atoms with van der Waals surface area (Å²) in [4.78, 5) is 12.4. The molecule has 1 aromatic heterocycles. The molecule has 1 heterocycles. The molecular formula is C16H21ClN4O3S. The predicted octanol–water partition coefficient (Wildman–Crippen LogP) is 2.56. The molecule has 9 heteroatoms. The number of anilines is 1. The zero-order valence-corrected chi connectivity index (χ0v) is 16.3. The molecular weight excluding hydrogens is 364 g/mol. The number of aromatic nitrogens is 2. The van der Waals surface area contributed by atoms with Gasteiger partial charge in [-0.15, -0.1) is 0 Å². The first-order chi connectivity index (χ1) is 11.5. The van der Waals surface area contributed by atoms with Crippen molar-refractivity contribution in [1.29, 1.82) is 0 Å². The first-order valence-corrected chi connectivity index (χ1v) is 9.40. The molecule has 136 valence electrons. The van der Waals surface area contributed by atoms with Crippen molar-refractivity contribution in [2.75, 3.05) is 18.9 Å². The lowest BCUT2D eigenvalue weighted by atomic mass is 10.1. The minimum Gasteiger partial charge on any atom is -0.323 e. The standard InChI is InChI=1S/C16H21ClN4O3S/c1-9-6-10(2)15(13(17)7-9)18-14(22)8-21(5)25(23,24)16-11(3)19-20-12(16)4/h6-7H,8H2,1-5H3,(H,18,22)(H,19,20). The number of hydrogen-bond donors (Lipinski definition) is 2. The molecule has 0 bridgehead atoms. The van der Waals surface area contributed by atoms with E-state index in [0.29, 0.717) is 22.1 Å². The van der Waals surface area contributed by atoms with Crippen molar-refractivity contribution in [3.8, 4) is 0 Å². The van der Waals surface area contributed by atoms with Crippen LogP contribution < -0.4 is 5.32 Å². The van der Waals surface area contributed by atoms with Gasteiger partial charge < -0.3 is 5.32 Å². The maximum atomic E-state index is 12.7. The van der Waals surface area contributed by atoms with E-state index in [0.717, 1.165) is 15.4 Å². The highest BCUT2D eigenvalue weighted by Crippen LogP contribution is 2.27. The number of likely N-dealkylation sites (N-methyl/N-ethyl adjacent to an activating group) is 1. The number of H-pyrrole nitrogens is 1. The third kappa shape index (κ3) is 4.02. The Balaban J connectivity index is 2.18. The number of aryl methyl sites for hydroxylation is 4. The molecule has 7 nitrogen and oxygen atoms in total. The van der Waals surface area contributed by atoms with Crippen LogP contribution in [0.1, 0.15) is 22.5 Å². The summed E-state index contributed by atoms with van der Waals surface area (Å²) in [6.07, 6.45) is 0. The van der Waals surface area contributed by atoms with Gasteiger partial charge in [0.05, 0.1) is 28.6 Å². The predicted molar refractivity (Wildman–Crippen MR) is 97.4 cm³/mol. The van der Waals surface area contributed by atoms with Crippen LogP contribution in [0.4, 0.5) is 5.69 Å². The van der Waals surface area contributed by atoms with Crippen LogP contribution in [-0.2, 0) is 14.8 Å². The average molecular weight is 385 g/mol. The van der Waals surface area contributed by atoms with E-state index in [-0.39, 0.29) is 11.4 Å². The summed E-state index contributed by atoms with van der Waals surface area (Å²) in [6, 6.07) is 3.63. The van der Waals surface area contributed by atoms with Gasteiger partial charge in [0.25, 0.3) is 0 Å². The van der Waals surface area contributed by atoms with Gasteiger partial charge in [-0.25, -0.2) is 8.42 Å². The molecule has 0 saturated carbocycles. The van der Waals surface area contributed by atoms with E-state index in [1.54, 1.807) is 19.9 Å². The minimum absolute atomic E-state index is 0.0901. The SMILES string of the molecule is Cc1cc(C)c(NC(=O)CN(C)S(=O)(=O)c2c(C)n[nH]c2C)c(Cl)c1. The molecule has 25 heavy (non-hydrogen) atoms. The zero-order chi connectivity index (χ0) is 18.9. The van der Waals surface area contributed by atoms with Crippen molar-refractivity contribution in [2.45, 2.75) is 32.6 Å². The Kier molecular flexibility index (Phi) is 5.55. The zero-order valence-electron chi connectivity index (χ0n) is 14.8. The number of carbonyl (C=O) groups is 1. The number of rotatable bonds is 5. The first kappa shape index (κ1) is 19.4. The smallest absolute Gasteiger partial charge is 0.246 e. The fraction of sp³-hybridized carbons (Fsp3) is 0.375. The quantitative estimate of drug-likeness (QED) is 0.828. The fourth-order valence-electron chi connectivity index (χ4n) is 2.62. The second kappa shape index (κ2) is 7.15. The molecule has 0 atom stereocenters. The van der Waals surface area contributed by atoms with E-state index in [9.17, 15) is 13.2 Å². The maximum absolute atomic E-state index is 12.7. The normalized spacial score (nSPS) is 11.8. The summed E-state index contributed by atoms with van der Waals surface area (Å²) in [5.74, 6) is -0.473. The number of sulfonamides is 1. The second-order valence-corrected chi connectivity index (χ2v) is 8.40. The van der Waals surface area contributed by atoms with Crippen molar-refractivity contribution in [3.05, 3.63) is 39.7 Å². The molecule has 0 saturated heterocycles. The van der Waals surface area contributed by atoms with Crippen LogP contribution in [0.5, 0.6) is 0 Å². The van der Waals surface area contributed by atoms with Gasteiger partial charge in [0.2, 0.25) is 15.9 Å². The topological polar surface area (TPSA) is 95.2 Å². The van der Waals surface area contributed by atoms with Crippen LogP contribution >= 0.6 is 11.6 Å². The average Bonchev–Trinajstić information content (AvgIpc) is 2.82. The van der Waals surface area contributed by atoms with Crippen LogP contribution in [0.25, 0.3) is 0 Å². The van der Waals surface area contributed by atoms with Crippen molar-refractivity contribution < 1.29 is 13.2 Å². The van der Waals surface area contributed by atoms with Gasteiger partial charge in [0.15, 0.2) is 0 Å². The Morgan fingerprint density at radius 1 is 1.28 bits per heavy atom. The number of carbonyl (C=O) groups excluding carboxylic acids is 1. The van der Waals surface area contributed by atoms with Gasteiger partial charge in [-0.2, -0.15) is 9.40 Å². The van der Waals surface area contributed by atoms with Gasteiger partial charge in [-0.1, -0.05) is 17.7 Å². The molecule has 0 radical (unpaired) electrons. The van der Waals surface area contributed by atoms with Crippen LogP contribution in [0.3, 0.4) is 0 Å². The van der Waals surface area contributed by atoms with Gasteiger partial charge in [-0.05, 0) is 44.9 Å². The van der Waals surface area contributed by atoms with Crippen LogP contribution in [0.15, 0.2) is 17.0 Å². The highest BCUT2D eigenvalue weighted by atomic mass is 35.5. The molecule has 0 aliphatic heterocycles. The Hall–Kier alpha value is -1.90. The van der Waals surface area contributed by atoms with E-state index < -0.39 is 15.9 Å². The lowest BCUT2D eigenvalue weighted by molar-refractivity contribution is -0.116. The number of amides is 1. The van der Waals surface area contributed by atoms with Gasteiger partial charge >= 0.3 is 0 Å². The van der Waals surface area contributed by atoms with Crippen LogP contribution in [0.2, 0.25) is 5.02 Å². The molecule has 0 aliphatic carbocycles. The number of halogens is 1. The van der Waals surface area contributed by atoms with Crippen LogP contribution in [0, 0.1) is 27.7 Å². The fourth-order valence-corrected chi connectivity index (χ4v) is 4.44. The summed E-state index contributed by atoms with van der Waals surface area (Å²) < 4.78 is 26.3. The lowest BCUT2D eigenvalue weighted by Crippen LogP contribution is -2.35. The third-order valence-corrected chi connectivity index (χ3v) is 6.16.